The van der Waals surface area contributed by atoms with Gasteiger partial charge in [0.25, 0.3) is 0 Å². The van der Waals surface area contributed by atoms with Crippen LogP contribution in [0.1, 0.15) is 29.5 Å². The van der Waals surface area contributed by atoms with E-state index in [0.29, 0.717) is 0 Å². The maximum absolute atomic E-state index is 10.6. The minimum atomic E-state index is -0.809. The fraction of sp³-hybridized carbons (Fsp3) is 0.556. The summed E-state index contributed by atoms with van der Waals surface area (Å²) in [5.41, 5.74) is 1.72. The van der Waals surface area contributed by atoms with E-state index in [2.05, 4.69) is 10.5 Å². The van der Waals surface area contributed by atoms with Gasteiger partial charge >= 0.3 is 5.97 Å². The lowest BCUT2D eigenvalue weighted by molar-refractivity contribution is -0.137. The van der Waals surface area contributed by atoms with Gasteiger partial charge in [0, 0.05) is 24.6 Å². The van der Waals surface area contributed by atoms with Gasteiger partial charge in [-0.3, -0.25) is 4.79 Å². The van der Waals surface area contributed by atoms with E-state index in [-0.39, 0.29) is 12.5 Å². The summed E-state index contributed by atoms with van der Waals surface area (Å²) < 4.78 is 5.12. The van der Waals surface area contributed by atoms with Crippen molar-refractivity contribution in [3.8, 4) is 0 Å². The zero-order valence-electron chi connectivity index (χ0n) is 7.91. The summed E-state index contributed by atoms with van der Waals surface area (Å²) in [5.74, 6) is 0.0171. The molecule has 2 N–H and O–H groups in total. The number of rotatable bonds is 2. The molecule has 1 aromatic rings. The molecule has 5 heteroatoms. The molecule has 0 amide bonds. The smallest absolute Gasteiger partial charge is 0.305 e. The van der Waals surface area contributed by atoms with Crippen molar-refractivity contribution in [1.29, 1.82) is 0 Å². The molecule has 0 bridgehead atoms. The Labute approximate surface area is 81.1 Å². The third-order valence-electron chi connectivity index (χ3n) is 2.45. The predicted octanol–water partition coefficient (Wildman–Crippen LogP) is 0.645. The molecule has 0 saturated carbocycles. The van der Waals surface area contributed by atoms with Gasteiger partial charge in [-0.2, -0.15) is 0 Å². The average Bonchev–Trinajstić information content (AvgIpc) is 2.48. The molecule has 5 nitrogen and oxygen atoms in total. The van der Waals surface area contributed by atoms with Crippen LogP contribution in [-0.2, 0) is 11.2 Å². The Morgan fingerprint density at radius 1 is 1.79 bits per heavy atom. The summed E-state index contributed by atoms with van der Waals surface area (Å²) >= 11 is 0. The van der Waals surface area contributed by atoms with Crippen molar-refractivity contribution in [2.45, 2.75) is 25.8 Å². The van der Waals surface area contributed by atoms with Crippen molar-refractivity contribution in [1.82, 2.24) is 10.5 Å². The Bertz CT molecular complexity index is 359. The van der Waals surface area contributed by atoms with Crippen molar-refractivity contribution < 1.29 is 14.4 Å². The largest absolute Gasteiger partial charge is 0.481 e. The van der Waals surface area contributed by atoms with Gasteiger partial charge in [0.1, 0.15) is 5.76 Å². The first-order valence-corrected chi connectivity index (χ1v) is 4.58. The van der Waals surface area contributed by atoms with E-state index in [1.165, 1.54) is 0 Å². The lowest BCUT2D eigenvalue weighted by Crippen LogP contribution is -2.31. The summed E-state index contributed by atoms with van der Waals surface area (Å²) in [7, 11) is 0. The van der Waals surface area contributed by atoms with Crippen LogP contribution in [0.25, 0.3) is 0 Å². The number of nitrogens with one attached hydrogen (secondary N) is 1. The Balaban J connectivity index is 2.29. The number of aliphatic carboxylic acids is 1. The molecule has 1 aliphatic heterocycles. The van der Waals surface area contributed by atoms with E-state index in [0.717, 1.165) is 30.0 Å². The van der Waals surface area contributed by atoms with Crippen LogP contribution in [0.5, 0.6) is 0 Å². The van der Waals surface area contributed by atoms with Gasteiger partial charge in [-0.15, -0.1) is 0 Å². The lowest BCUT2D eigenvalue weighted by atomic mass is 9.97. The predicted molar refractivity (Wildman–Crippen MR) is 47.9 cm³/mol. The molecule has 0 spiro atoms. The fourth-order valence-corrected chi connectivity index (χ4v) is 1.86. The third-order valence-corrected chi connectivity index (χ3v) is 2.45. The van der Waals surface area contributed by atoms with Crippen LogP contribution >= 0.6 is 0 Å². The van der Waals surface area contributed by atoms with Gasteiger partial charge in [0.15, 0.2) is 0 Å². The van der Waals surface area contributed by atoms with E-state index in [1.54, 1.807) is 0 Å². The zero-order valence-corrected chi connectivity index (χ0v) is 7.91. The molecule has 76 valence electrons. The number of carbonyl (C=O) groups is 1. The first-order chi connectivity index (χ1) is 6.68. The summed E-state index contributed by atoms with van der Waals surface area (Å²) in [6.07, 6.45) is 0.862. The number of fused-ring (bicyclic) bond motifs is 1. The molecule has 1 unspecified atom stereocenters. The summed E-state index contributed by atoms with van der Waals surface area (Å²) in [5, 5.41) is 15.7. The van der Waals surface area contributed by atoms with Gasteiger partial charge in [0.05, 0.1) is 12.1 Å². The molecular weight excluding hydrogens is 184 g/mol. The molecule has 1 atom stereocenters. The Morgan fingerprint density at radius 2 is 2.57 bits per heavy atom. The molecule has 14 heavy (non-hydrogen) atoms. The maximum Gasteiger partial charge on any atom is 0.305 e. The SMILES string of the molecule is Cc1noc2c1C(CC(=O)O)NCC2. The van der Waals surface area contributed by atoms with Crippen molar-refractivity contribution in [3.05, 3.63) is 17.0 Å². The first-order valence-electron chi connectivity index (χ1n) is 4.58. The highest BCUT2D eigenvalue weighted by Crippen LogP contribution is 2.27. The van der Waals surface area contributed by atoms with Crippen LogP contribution < -0.4 is 5.32 Å². The molecule has 2 rings (SSSR count). The second-order valence-electron chi connectivity index (χ2n) is 3.46. The van der Waals surface area contributed by atoms with E-state index >= 15 is 0 Å². The molecule has 0 fully saturated rings. The number of hydrogen-bond acceptors (Lipinski definition) is 4. The van der Waals surface area contributed by atoms with Gasteiger partial charge in [0.2, 0.25) is 0 Å². The number of carboxylic acids is 1. The van der Waals surface area contributed by atoms with Crippen LogP contribution in [0.4, 0.5) is 0 Å². The van der Waals surface area contributed by atoms with Crippen molar-refractivity contribution in [3.63, 3.8) is 0 Å². The summed E-state index contributed by atoms with van der Waals surface area (Å²) in [6.45, 7) is 2.59. The Kier molecular flexibility index (Phi) is 2.25. The number of aromatic nitrogens is 1. The molecule has 1 aliphatic rings. The van der Waals surface area contributed by atoms with Gasteiger partial charge in [-0.05, 0) is 6.92 Å². The third kappa shape index (κ3) is 1.50. The molecule has 0 saturated heterocycles. The van der Waals surface area contributed by atoms with Crippen LogP contribution in [0.3, 0.4) is 0 Å². The maximum atomic E-state index is 10.6. The quantitative estimate of drug-likeness (QED) is 0.726. The van der Waals surface area contributed by atoms with Crippen LogP contribution in [0, 0.1) is 6.92 Å². The van der Waals surface area contributed by atoms with E-state index < -0.39 is 5.97 Å². The molecular formula is C9H12N2O3. The summed E-state index contributed by atoms with van der Waals surface area (Å²) in [6, 6.07) is -0.150. The molecule has 0 aromatic carbocycles. The molecule has 0 aliphatic carbocycles. The van der Waals surface area contributed by atoms with Gasteiger partial charge < -0.3 is 14.9 Å². The highest BCUT2D eigenvalue weighted by Gasteiger charge is 2.27. The number of nitrogens with zero attached hydrogens (tertiary/aromatic N) is 1. The Hall–Kier alpha value is -1.36. The van der Waals surface area contributed by atoms with Crippen molar-refractivity contribution in [2.75, 3.05) is 6.54 Å². The second kappa shape index (κ2) is 3.42. The van der Waals surface area contributed by atoms with Crippen LogP contribution in [0.15, 0.2) is 4.52 Å². The average molecular weight is 196 g/mol. The minimum absolute atomic E-state index is 0.0784. The summed E-state index contributed by atoms with van der Waals surface area (Å²) in [4.78, 5) is 10.6. The lowest BCUT2D eigenvalue weighted by Gasteiger charge is -2.21. The highest BCUT2D eigenvalue weighted by atomic mass is 16.5. The monoisotopic (exact) mass is 196 g/mol. The van der Waals surface area contributed by atoms with Crippen molar-refractivity contribution >= 4 is 5.97 Å². The van der Waals surface area contributed by atoms with Gasteiger partial charge in [-0.25, -0.2) is 0 Å². The molecule has 0 radical (unpaired) electrons. The molecule has 2 heterocycles. The molecule has 1 aromatic heterocycles. The van der Waals surface area contributed by atoms with Gasteiger partial charge in [-0.1, -0.05) is 5.16 Å². The van der Waals surface area contributed by atoms with Crippen molar-refractivity contribution in [2.24, 2.45) is 0 Å². The first kappa shape index (κ1) is 9.21. The van der Waals surface area contributed by atoms with E-state index in [1.807, 2.05) is 6.92 Å². The standard InChI is InChI=1S/C9H12N2O3/c1-5-9-6(4-8(12)13)10-3-2-7(9)14-11-5/h6,10H,2-4H2,1H3,(H,12,13). The zero-order chi connectivity index (χ0) is 10.1. The second-order valence-corrected chi connectivity index (χ2v) is 3.46. The van der Waals surface area contributed by atoms with E-state index in [9.17, 15) is 4.79 Å². The number of hydrogen-bond donors (Lipinski definition) is 2. The number of aryl methyl sites for hydroxylation is 1. The van der Waals surface area contributed by atoms with Crippen LogP contribution in [-0.4, -0.2) is 22.8 Å². The normalized spacial score (nSPS) is 20.5. The highest BCUT2D eigenvalue weighted by molar-refractivity contribution is 5.68. The Morgan fingerprint density at radius 3 is 3.29 bits per heavy atom. The minimum Gasteiger partial charge on any atom is -0.481 e. The van der Waals surface area contributed by atoms with Crippen LogP contribution in [0.2, 0.25) is 0 Å². The number of carboxylic acid groups (broad SMARTS) is 1. The fourth-order valence-electron chi connectivity index (χ4n) is 1.86. The topological polar surface area (TPSA) is 75.4 Å². The van der Waals surface area contributed by atoms with E-state index in [4.69, 9.17) is 9.63 Å².